The predicted molar refractivity (Wildman–Crippen MR) is 88.9 cm³/mol. The van der Waals surface area contributed by atoms with Crippen molar-refractivity contribution in [2.45, 2.75) is 19.4 Å². The smallest absolute Gasteiger partial charge is 0.231 e. The Morgan fingerprint density at radius 2 is 1.91 bits per heavy atom. The molecule has 4 nitrogen and oxygen atoms in total. The van der Waals surface area contributed by atoms with Crippen LogP contribution in [0, 0.1) is 6.92 Å². The molecule has 1 unspecified atom stereocenters. The Labute approximate surface area is 140 Å². The van der Waals surface area contributed by atoms with Crippen molar-refractivity contribution in [1.29, 1.82) is 0 Å². The van der Waals surface area contributed by atoms with E-state index in [4.69, 9.17) is 25.8 Å². The molecule has 5 heteroatoms. The molecule has 2 aliphatic rings. The van der Waals surface area contributed by atoms with Gasteiger partial charge >= 0.3 is 0 Å². The first-order valence-corrected chi connectivity index (χ1v) is 8.05. The molecule has 2 aliphatic heterocycles. The van der Waals surface area contributed by atoms with Gasteiger partial charge in [-0.05, 0) is 54.3 Å². The second-order valence-electron chi connectivity index (χ2n) is 5.88. The molecule has 0 saturated heterocycles. The van der Waals surface area contributed by atoms with Crippen LogP contribution in [0.2, 0.25) is 5.02 Å². The summed E-state index contributed by atoms with van der Waals surface area (Å²) in [6.45, 7) is 3.16. The molecular formula is C18H18ClNO3. The molecule has 0 bridgehead atoms. The number of hydrogen-bond donors (Lipinski definition) is 1. The van der Waals surface area contributed by atoms with Crippen LogP contribution in [0.15, 0.2) is 24.3 Å². The van der Waals surface area contributed by atoms with E-state index < -0.39 is 0 Å². The van der Waals surface area contributed by atoms with E-state index in [1.165, 1.54) is 11.1 Å². The fraction of sp³-hybridized carbons (Fsp3) is 0.333. The molecular weight excluding hydrogens is 314 g/mol. The molecule has 0 saturated carbocycles. The maximum Gasteiger partial charge on any atom is 0.231 e. The molecule has 0 spiro atoms. The minimum Gasteiger partial charge on any atom is -0.496 e. The molecule has 0 radical (unpaired) electrons. The van der Waals surface area contributed by atoms with E-state index in [1.807, 2.05) is 19.1 Å². The summed E-state index contributed by atoms with van der Waals surface area (Å²) in [5.41, 5.74) is 4.52. The first kappa shape index (κ1) is 14.7. The van der Waals surface area contributed by atoms with E-state index in [0.717, 1.165) is 46.4 Å². The molecule has 2 aromatic rings. The zero-order chi connectivity index (χ0) is 16.0. The van der Waals surface area contributed by atoms with Gasteiger partial charge in [0.05, 0.1) is 13.2 Å². The maximum atomic E-state index is 6.35. The van der Waals surface area contributed by atoms with Crippen LogP contribution >= 0.6 is 11.6 Å². The number of nitrogens with one attached hydrogen (secondary N) is 1. The summed E-state index contributed by atoms with van der Waals surface area (Å²) in [5.74, 6) is 2.47. The second-order valence-corrected chi connectivity index (χ2v) is 6.29. The monoisotopic (exact) mass is 331 g/mol. The first-order chi connectivity index (χ1) is 11.2. The van der Waals surface area contributed by atoms with Crippen LogP contribution in [-0.4, -0.2) is 20.4 Å². The Morgan fingerprint density at radius 3 is 2.70 bits per heavy atom. The highest BCUT2D eigenvalue weighted by Gasteiger charge is 2.28. The van der Waals surface area contributed by atoms with Crippen molar-refractivity contribution in [2.75, 3.05) is 20.4 Å². The summed E-state index contributed by atoms with van der Waals surface area (Å²) in [5, 5.41) is 4.31. The Hall–Kier alpha value is -1.91. The van der Waals surface area contributed by atoms with Crippen LogP contribution in [0.25, 0.3) is 0 Å². The number of ether oxygens (including phenoxy) is 3. The number of aryl methyl sites for hydroxylation is 1. The summed E-state index contributed by atoms with van der Waals surface area (Å²) < 4.78 is 16.6. The van der Waals surface area contributed by atoms with Gasteiger partial charge in [-0.1, -0.05) is 11.6 Å². The van der Waals surface area contributed by atoms with Crippen molar-refractivity contribution < 1.29 is 14.2 Å². The highest BCUT2D eigenvalue weighted by molar-refractivity contribution is 6.31. The Balaban J connectivity index is 1.85. The van der Waals surface area contributed by atoms with E-state index in [1.54, 1.807) is 7.11 Å². The third-order valence-electron chi connectivity index (χ3n) is 4.51. The number of methoxy groups -OCH3 is 1. The third-order valence-corrected chi connectivity index (χ3v) is 4.92. The van der Waals surface area contributed by atoms with Crippen LogP contribution in [0.1, 0.15) is 28.3 Å². The Morgan fingerprint density at radius 1 is 1.13 bits per heavy atom. The number of hydrogen-bond acceptors (Lipinski definition) is 4. The largest absolute Gasteiger partial charge is 0.496 e. The molecule has 2 heterocycles. The average molecular weight is 332 g/mol. The summed E-state index contributed by atoms with van der Waals surface area (Å²) >= 11 is 6.35. The van der Waals surface area contributed by atoms with Crippen molar-refractivity contribution in [3.8, 4) is 17.2 Å². The zero-order valence-electron chi connectivity index (χ0n) is 13.1. The lowest BCUT2D eigenvalue weighted by Crippen LogP contribution is -2.30. The van der Waals surface area contributed by atoms with Crippen LogP contribution < -0.4 is 19.5 Å². The number of halogens is 1. The molecule has 2 aromatic carbocycles. The average Bonchev–Trinajstić information content (AvgIpc) is 3.01. The van der Waals surface area contributed by atoms with Gasteiger partial charge in [0.25, 0.3) is 0 Å². The molecule has 0 amide bonds. The molecule has 0 aliphatic carbocycles. The van der Waals surface area contributed by atoms with Crippen LogP contribution in [0.4, 0.5) is 0 Å². The molecule has 120 valence electrons. The first-order valence-electron chi connectivity index (χ1n) is 7.67. The lowest BCUT2D eigenvalue weighted by molar-refractivity contribution is 0.174. The normalized spacial score (nSPS) is 18.7. The number of benzene rings is 2. The lowest BCUT2D eigenvalue weighted by Gasteiger charge is -2.29. The fourth-order valence-corrected chi connectivity index (χ4v) is 3.47. The molecule has 1 N–H and O–H groups in total. The molecule has 1 atom stereocenters. The van der Waals surface area contributed by atoms with Gasteiger partial charge in [-0.15, -0.1) is 0 Å². The van der Waals surface area contributed by atoms with Crippen molar-refractivity contribution in [3.05, 3.63) is 51.5 Å². The molecule has 4 rings (SSSR count). The quantitative estimate of drug-likeness (QED) is 0.912. The van der Waals surface area contributed by atoms with Crippen LogP contribution in [0.3, 0.4) is 0 Å². The summed E-state index contributed by atoms with van der Waals surface area (Å²) in [7, 11) is 1.69. The Bertz CT molecular complexity index is 775. The highest BCUT2D eigenvalue weighted by atomic mass is 35.5. The second kappa shape index (κ2) is 5.62. The van der Waals surface area contributed by atoms with Crippen molar-refractivity contribution >= 4 is 11.6 Å². The lowest BCUT2D eigenvalue weighted by atomic mass is 9.88. The minimum absolute atomic E-state index is 0.0290. The number of rotatable bonds is 2. The standard InChI is InChI=1S/C18H18ClNO3/c1-10-5-15(21-2)13(7-14(10)19)18-12-8-17-16(22-9-23-17)6-11(12)3-4-20-18/h5-8,18,20H,3-4,9H2,1-2H3. The summed E-state index contributed by atoms with van der Waals surface area (Å²) in [6, 6.07) is 8.17. The van der Waals surface area contributed by atoms with Gasteiger partial charge in [0, 0.05) is 17.1 Å². The molecule has 0 fully saturated rings. The maximum absolute atomic E-state index is 6.35. The third kappa shape index (κ3) is 2.42. The summed E-state index contributed by atoms with van der Waals surface area (Å²) in [4.78, 5) is 0. The SMILES string of the molecule is COc1cc(C)c(Cl)cc1C1NCCc2cc3c(cc21)OCO3. The summed E-state index contributed by atoms with van der Waals surface area (Å²) in [6.07, 6.45) is 0.963. The van der Waals surface area contributed by atoms with Gasteiger partial charge in [0.15, 0.2) is 11.5 Å². The minimum atomic E-state index is 0.0290. The van der Waals surface area contributed by atoms with Crippen LogP contribution in [0.5, 0.6) is 17.2 Å². The topological polar surface area (TPSA) is 39.7 Å². The van der Waals surface area contributed by atoms with Crippen molar-refractivity contribution in [3.63, 3.8) is 0 Å². The van der Waals surface area contributed by atoms with Crippen LogP contribution in [-0.2, 0) is 6.42 Å². The molecule has 23 heavy (non-hydrogen) atoms. The van der Waals surface area contributed by atoms with Gasteiger partial charge in [-0.25, -0.2) is 0 Å². The van der Waals surface area contributed by atoms with E-state index in [-0.39, 0.29) is 12.8 Å². The fourth-order valence-electron chi connectivity index (χ4n) is 3.30. The van der Waals surface area contributed by atoms with E-state index in [0.29, 0.717) is 0 Å². The van der Waals surface area contributed by atoms with Gasteiger partial charge in [0.1, 0.15) is 5.75 Å². The van der Waals surface area contributed by atoms with Gasteiger partial charge in [-0.3, -0.25) is 0 Å². The molecule has 0 aromatic heterocycles. The van der Waals surface area contributed by atoms with Crippen molar-refractivity contribution in [2.24, 2.45) is 0 Å². The van der Waals surface area contributed by atoms with Gasteiger partial charge in [-0.2, -0.15) is 0 Å². The predicted octanol–water partition coefficient (Wildman–Crippen LogP) is 3.62. The number of fused-ring (bicyclic) bond motifs is 2. The highest BCUT2D eigenvalue weighted by Crippen LogP contribution is 2.42. The Kier molecular flexibility index (Phi) is 3.58. The van der Waals surface area contributed by atoms with Gasteiger partial charge in [0.2, 0.25) is 6.79 Å². The van der Waals surface area contributed by atoms with Gasteiger partial charge < -0.3 is 19.5 Å². The van der Waals surface area contributed by atoms with Crippen molar-refractivity contribution in [1.82, 2.24) is 5.32 Å². The zero-order valence-corrected chi connectivity index (χ0v) is 13.9. The van der Waals surface area contributed by atoms with E-state index in [9.17, 15) is 0 Å². The van der Waals surface area contributed by atoms with E-state index >= 15 is 0 Å². The van der Waals surface area contributed by atoms with E-state index in [2.05, 4.69) is 17.4 Å².